The Hall–Kier alpha value is -1.51. The summed E-state index contributed by atoms with van der Waals surface area (Å²) < 4.78 is 0. The van der Waals surface area contributed by atoms with Gasteiger partial charge in [0.05, 0.1) is 0 Å². The average molecular weight is 335 g/mol. The van der Waals surface area contributed by atoms with Crippen molar-refractivity contribution in [2.45, 2.75) is 90.9 Å². The highest BCUT2D eigenvalue weighted by atomic mass is 16.4. The molecule has 0 amide bonds. The Balaban J connectivity index is 3.14. The van der Waals surface area contributed by atoms with Crippen LogP contribution in [0.15, 0.2) is 12.1 Å². The predicted molar refractivity (Wildman–Crippen MR) is 99.8 cm³/mol. The molecule has 1 aromatic rings. The fourth-order valence-electron chi connectivity index (χ4n) is 3.18. The van der Waals surface area contributed by atoms with Gasteiger partial charge in [0.15, 0.2) is 0 Å². The van der Waals surface area contributed by atoms with Crippen molar-refractivity contribution in [3.63, 3.8) is 0 Å². The number of phenols is 1. The van der Waals surface area contributed by atoms with E-state index >= 15 is 0 Å². The lowest BCUT2D eigenvalue weighted by Gasteiger charge is -2.28. The van der Waals surface area contributed by atoms with Gasteiger partial charge in [0, 0.05) is 12.0 Å². The van der Waals surface area contributed by atoms with E-state index < -0.39 is 5.97 Å². The molecule has 0 saturated heterocycles. The Bertz CT molecular complexity index is 532. The van der Waals surface area contributed by atoms with Gasteiger partial charge in [-0.1, -0.05) is 65.5 Å². The topological polar surface area (TPSA) is 57.5 Å². The fourth-order valence-corrected chi connectivity index (χ4v) is 3.18. The van der Waals surface area contributed by atoms with Gasteiger partial charge >= 0.3 is 5.97 Å². The van der Waals surface area contributed by atoms with Crippen molar-refractivity contribution in [1.29, 1.82) is 0 Å². The summed E-state index contributed by atoms with van der Waals surface area (Å²) in [5.74, 6) is -0.356. The Kier molecular flexibility index (Phi) is 8.30. The minimum absolute atomic E-state index is 0.0978. The third-order valence-electron chi connectivity index (χ3n) is 4.81. The maximum Gasteiger partial charge on any atom is 0.303 e. The zero-order valence-corrected chi connectivity index (χ0v) is 15.8. The largest absolute Gasteiger partial charge is 0.507 e. The molecule has 0 radical (unpaired) electrons. The van der Waals surface area contributed by atoms with E-state index in [1.807, 2.05) is 12.1 Å². The van der Waals surface area contributed by atoms with Gasteiger partial charge in [-0.15, -0.1) is 0 Å². The van der Waals surface area contributed by atoms with Gasteiger partial charge < -0.3 is 10.2 Å². The van der Waals surface area contributed by atoms with Crippen LogP contribution in [0.3, 0.4) is 0 Å². The summed E-state index contributed by atoms with van der Waals surface area (Å²) in [6.07, 6.45) is 8.17. The summed E-state index contributed by atoms with van der Waals surface area (Å²) >= 11 is 0. The second kappa shape index (κ2) is 9.71. The van der Waals surface area contributed by atoms with Gasteiger partial charge in [0.1, 0.15) is 5.75 Å². The van der Waals surface area contributed by atoms with E-state index in [0.29, 0.717) is 12.2 Å². The molecule has 0 atom stereocenters. The number of aryl methyl sites for hydroxylation is 2. The highest BCUT2D eigenvalue weighted by Crippen LogP contribution is 2.38. The molecule has 1 aromatic carbocycles. The van der Waals surface area contributed by atoms with Crippen LogP contribution in [0.2, 0.25) is 0 Å². The van der Waals surface area contributed by atoms with E-state index in [1.54, 1.807) is 0 Å². The molecule has 0 heterocycles. The first-order valence-corrected chi connectivity index (χ1v) is 9.38. The highest BCUT2D eigenvalue weighted by Gasteiger charge is 2.25. The number of carbonyl (C=O) groups is 1. The number of hydrogen-bond donors (Lipinski definition) is 2. The minimum atomic E-state index is -0.776. The number of carboxylic acids is 1. The Morgan fingerprint density at radius 1 is 1.04 bits per heavy atom. The molecule has 3 heteroatoms. The summed E-state index contributed by atoms with van der Waals surface area (Å²) in [6, 6.07) is 4.03. The Morgan fingerprint density at radius 3 is 2.29 bits per heavy atom. The van der Waals surface area contributed by atoms with Crippen molar-refractivity contribution in [1.82, 2.24) is 0 Å². The van der Waals surface area contributed by atoms with E-state index in [4.69, 9.17) is 5.11 Å². The smallest absolute Gasteiger partial charge is 0.303 e. The molecule has 2 N–H and O–H groups in total. The number of phenolic OH excluding ortho intramolecular Hbond substituents is 1. The van der Waals surface area contributed by atoms with Crippen molar-refractivity contribution in [3.05, 3.63) is 28.8 Å². The lowest BCUT2D eigenvalue weighted by Crippen LogP contribution is -2.18. The van der Waals surface area contributed by atoms with Crippen LogP contribution in [0, 0.1) is 0 Å². The molecule has 1 rings (SSSR count). The van der Waals surface area contributed by atoms with Crippen LogP contribution in [0.1, 0.15) is 89.3 Å². The van der Waals surface area contributed by atoms with Crippen LogP contribution in [0.5, 0.6) is 5.75 Å². The number of aliphatic carboxylic acids is 1. The summed E-state index contributed by atoms with van der Waals surface area (Å²) in [5.41, 5.74) is 2.88. The van der Waals surface area contributed by atoms with Gasteiger partial charge in [-0.25, -0.2) is 0 Å². The molecule has 0 unspecified atom stereocenters. The zero-order chi connectivity index (χ0) is 18.2. The molecular formula is C21H34O3. The third-order valence-corrected chi connectivity index (χ3v) is 4.81. The van der Waals surface area contributed by atoms with Crippen molar-refractivity contribution in [2.75, 3.05) is 0 Å². The van der Waals surface area contributed by atoms with Crippen LogP contribution in [0.4, 0.5) is 0 Å². The molecule has 0 fully saturated rings. The molecule has 24 heavy (non-hydrogen) atoms. The van der Waals surface area contributed by atoms with Crippen LogP contribution in [-0.4, -0.2) is 16.2 Å². The quantitative estimate of drug-likeness (QED) is 0.517. The standard InChI is InChI=1S/C21H34O3/c1-5-7-9-13-21(3,4)18-15-16(11-12-19(22)23)14-17(20(18)24)10-8-6-2/h14-15,24H,5-13H2,1-4H3,(H,22,23). The van der Waals surface area contributed by atoms with Crippen LogP contribution in [0.25, 0.3) is 0 Å². The summed E-state index contributed by atoms with van der Waals surface area (Å²) in [5, 5.41) is 19.8. The second-order valence-corrected chi connectivity index (χ2v) is 7.49. The number of unbranched alkanes of at least 4 members (excludes halogenated alkanes) is 3. The van der Waals surface area contributed by atoms with Gasteiger partial charge in [0.25, 0.3) is 0 Å². The lowest BCUT2D eigenvalue weighted by atomic mass is 9.77. The number of hydrogen-bond acceptors (Lipinski definition) is 2. The van der Waals surface area contributed by atoms with Crippen LogP contribution < -0.4 is 0 Å². The van der Waals surface area contributed by atoms with Crippen molar-refractivity contribution < 1.29 is 15.0 Å². The third kappa shape index (κ3) is 6.18. The van der Waals surface area contributed by atoms with E-state index in [0.717, 1.165) is 48.8 Å². The van der Waals surface area contributed by atoms with Crippen molar-refractivity contribution in [2.24, 2.45) is 0 Å². The van der Waals surface area contributed by atoms with E-state index in [2.05, 4.69) is 27.7 Å². The molecule has 0 spiro atoms. The average Bonchev–Trinajstić information content (AvgIpc) is 2.52. The van der Waals surface area contributed by atoms with Crippen molar-refractivity contribution in [3.8, 4) is 5.75 Å². The van der Waals surface area contributed by atoms with Gasteiger partial charge in [-0.2, -0.15) is 0 Å². The second-order valence-electron chi connectivity index (χ2n) is 7.49. The molecule has 136 valence electrons. The number of carboxylic acid groups (broad SMARTS) is 1. The Labute approximate surface area is 147 Å². The fraction of sp³-hybridized carbons (Fsp3) is 0.667. The van der Waals surface area contributed by atoms with Gasteiger partial charge in [-0.3, -0.25) is 4.79 Å². The number of aromatic hydroxyl groups is 1. The molecule has 0 aliphatic heterocycles. The maximum atomic E-state index is 10.9. The zero-order valence-electron chi connectivity index (χ0n) is 15.8. The summed E-state index contributed by atoms with van der Waals surface area (Å²) in [7, 11) is 0. The van der Waals surface area contributed by atoms with Gasteiger partial charge in [0.2, 0.25) is 0 Å². The van der Waals surface area contributed by atoms with E-state index in [9.17, 15) is 9.90 Å². The monoisotopic (exact) mass is 334 g/mol. The first kappa shape index (κ1) is 20.5. The number of rotatable bonds is 11. The first-order valence-electron chi connectivity index (χ1n) is 9.38. The number of benzene rings is 1. The highest BCUT2D eigenvalue weighted by molar-refractivity contribution is 5.67. The van der Waals surface area contributed by atoms with Gasteiger partial charge in [-0.05, 0) is 42.2 Å². The molecule has 0 aliphatic carbocycles. The van der Waals surface area contributed by atoms with Crippen molar-refractivity contribution >= 4 is 5.97 Å². The first-order chi connectivity index (χ1) is 11.3. The summed E-state index contributed by atoms with van der Waals surface area (Å²) in [4.78, 5) is 10.9. The molecule has 0 aliphatic rings. The molecule has 0 bridgehead atoms. The molecule has 3 nitrogen and oxygen atoms in total. The maximum absolute atomic E-state index is 10.9. The van der Waals surface area contributed by atoms with Crippen LogP contribution >= 0.6 is 0 Å². The lowest BCUT2D eigenvalue weighted by molar-refractivity contribution is -0.136. The van der Waals surface area contributed by atoms with Crippen LogP contribution in [-0.2, 0) is 23.1 Å². The summed E-state index contributed by atoms with van der Waals surface area (Å²) in [6.45, 7) is 8.70. The normalized spacial score (nSPS) is 11.7. The molecular weight excluding hydrogens is 300 g/mol. The SMILES string of the molecule is CCCCCC(C)(C)c1cc(CCC(=O)O)cc(CCCC)c1O. The predicted octanol–water partition coefficient (Wildman–Crippen LogP) is 5.61. The van der Waals surface area contributed by atoms with E-state index in [-0.39, 0.29) is 11.8 Å². The minimum Gasteiger partial charge on any atom is -0.507 e. The van der Waals surface area contributed by atoms with E-state index in [1.165, 1.54) is 12.8 Å². The molecule has 0 aromatic heterocycles. The molecule has 0 saturated carbocycles. The Morgan fingerprint density at radius 2 is 1.71 bits per heavy atom.